The fourth-order valence-corrected chi connectivity index (χ4v) is 4.52. The van der Waals surface area contributed by atoms with Gasteiger partial charge in [-0.15, -0.1) is 0 Å². The normalized spacial score (nSPS) is 14.7. The second-order valence-electron chi connectivity index (χ2n) is 7.94. The summed E-state index contributed by atoms with van der Waals surface area (Å²) in [6.07, 6.45) is 0.944. The van der Waals surface area contributed by atoms with Crippen molar-refractivity contribution in [3.63, 3.8) is 0 Å². The van der Waals surface area contributed by atoms with E-state index in [4.69, 9.17) is 9.11 Å². The van der Waals surface area contributed by atoms with Crippen LogP contribution in [0.5, 0.6) is 0 Å². The average Bonchev–Trinajstić information content (AvgIpc) is 3.06. The molecule has 0 aromatic heterocycles. The molecule has 2 aromatic rings. The summed E-state index contributed by atoms with van der Waals surface area (Å²) in [5.41, 5.74) is 2.13. The predicted molar refractivity (Wildman–Crippen MR) is 128 cm³/mol. The number of fused-ring (bicyclic) bond motifs is 1. The van der Waals surface area contributed by atoms with E-state index in [2.05, 4.69) is 8.37 Å². The highest BCUT2D eigenvalue weighted by Crippen LogP contribution is 2.27. The number of imide groups is 1. The number of benzene rings is 2. The Morgan fingerprint density at radius 2 is 1.31 bits per heavy atom. The molecule has 0 saturated heterocycles. The van der Waals surface area contributed by atoms with E-state index in [1.165, 1.54) is 9.80 Å². The fraction of sp³-hybridized carbons (Fsp3) is 0.364. The van der Waals surface area contributed by atoms with Crippen LogP contribution in [0.25, 0.3) is 0 Å². The molecule has 12 nitrogen and oxygen atoms in total. The van der Waals surface area contributed by atoms with Gasteiger partial charge in [0.25, 0.3) is 11.8 Å². The first kappa shape index (κ1) is 27.7. The van der Waals surface area contributed by atoms with Crippen LogP contribution in [-0.2, 0) is 35.6 Å². The molecule has 0 unspecified atom stereocenters. The van der Waals surface area contributed by atoms with Crippen molar-refractivity contribution in [1.29, 1.82) is 0 Å². The molecular formula is C22H26N2O10S2. The van der Waals surface area contributed by atoms with Crippen LogP contribution in [0.1, 0.15) is 39.6 Å². The van der Waals surface area contributed by atoms with Crippen molar-refractivity contribution in [3.05, 3.63) is 65.2 Å². The molecule has 2 N–H and O–H groups in total. The van der Waals surface area contributed by atoms with Crippen molar-refractivity contribution >= 4 is 38.3 Å². The fourth-order valence-electron chi connectivity index (χ4n) is 3.95. The molecule has 0 spiro atoms. The summed E-state index contributed by atoms with van der Waals surface area (Å²) < 4.78 is 69.5. The van der Waals surface area contributed by atoms with E-state index in [0.29, 0.717) is 29.7 Å². The van der Waals surface area contributed by atoms with E-state index < -0.39 is 34.0 Å². The SMILES string of the molecule is CC[C@H](Cc1ccc(N(CCOS(=O)(=O)O)CCOS(=O)(=O)O)cc1)N1C(=O)c2ccccc2C1=O. The highest BCUT2D eigenvalue weighted by Gasteiger charge is 2.39. The van der Waals surface area contributed by atoms with Gasteiger partial charge in [-0.25, -0.2) is 8.37 Å². The molecule has 196 valence electrons. The Morgan fingerprint density at radius 1 is 0.833 bits per heavy atom. The standard InChI is InChI=1S/C22H26N2O10S2/c1-2-17(24-21(25)19-5-3-4-6-20(19)22(24)26)15-16-7-9-18(10-8-16)23(11-13-33-35(27,28)29)12-14-34-36(30,31)32/h3-10,17H,2,11-15H2,1H3,(H,27,28,29)(H,30,31,32)/t17-/m1/s1. The number of carbonyl (C=O) groups excluding carboxylic acids is 2. The lowest BCUT2D eigenvalue weighted by Gasteiger charge is -2.26. The van der Waals surface area contributed by atoms with Crippen molar-refractivity contribution < 1.29 is 43.9 Å². The first-order valence-corrected chi connectivity index (χ1v) is 13.7. The summed E-state index contributed by atoms with van der Waals surface area (Å²) in [6.45, 7) is 0.921. The molecule has 1 aliphatic heterocycles. The summed E-state index contributed by atoms with van der Waals surface area (Å²) in [5, 5.41) is 0. The van der Waals surface area contributed by atoms with Gasteiger partial charge in [-0.05, 0) is 42.7 Å². The van der Waals surface area contributed by atoms with Gasteiger partial charge in [0, 0.05) is 24.8 Å². The number of amides is 2. The lowest BCUT2D eigenvalue weighted by molar-refractivity contribution is 0.0579. The molecule has 36 heavy (non-hydrogen) atoms. The number of hydrogen-bond donors (Lipinski definition) is 2. The third-order valence-electron chi connectivity index (χ3n) is 5.62. The van der Waals surface area contributed by atoms with Crippen molar-refractivity contribution in [2.75, 3.05) is 31.2 Å². The van der Waals surface area contributed by atoms with E-state index in [-0.39, 0.29) is 30.9 Å². The van der Waals surface area contributed by atoms with Gasteiger partial charge in [0.2, 0.25) is 0 Å². The van der Waals surface area contributed by atoms with E-state index in [1.54, 1.807) is 48.5 Å². The third kappa shape index (κ3) is 7.32. The molecular weight excluding hydrogens is 516 g/mol. The Morgan fingerprint density at radius 3 is 1.72 bits per heavy atom. The zero-order chi connectivity index (χ0) is 26.5. The minimum absolute atomic E-state index is 0.0550. The Kier molecular flexibility index (Phi) is 8.81. The average molecular weight is 543 g/mol. The molecule has 1 heterocycles. The van der Waals surface area contributed by atoms with E-state index >= 15 is 0 Å². The molecule has 0 aliphatic carbocycles. The monoisotopic (exact) mass is 542 g/mol. The Balaban J connectivity index is 1.71. The largest absolute Gasteiger partial charge is 0.397 e. The molecule has 0 radical (unpaired) electrons. The van der Waals surface area contributed by atoms with Crippen molar-refractivity contribution in [1.82, 2.24) is 4.90 Å². The van der Waals surface area contributed by atoms with Gasteiger partial charge < -0.3 is 4.90 Å². The quantitative estimate of drug-likeness (QED) is 0.279. The van der Waals surface area contributed by atoms with Crippen molar-refractivity contribution in [2.45, 2.75) is 25.8 Å². The van der Waals surface area contributed by atoms with Crippen LogP contribution in [0.15, 0.2) is 48.5 Å². The van der Waals surface area contributed by atoms with E-state index in [0.717, 1.165) is 5.56 Å². The molecule has 2 aromatic carbocycles. The van der Waals surface area contributed by atoms with E-state index in [1.807, 2.05) is 6.92 Å². The maximum absolute atomic E-state index is 12.8. The van der Waals surface area contributed by atoms with Crippen LogP contribution in [0.4, 0.5) is 5.69 Å². The zero-order valence-corrected chi connectivity index (χ0v) is 20.9. The van der Waals surface area contributed by atoms with Gasteiger partial charge in [0.05, 0.1) is 24.3 Å². The number of hydrogen-bond acceptors (Lipinski definition) is 9. The Bertz CT molecular complexity index is 1240. The van der Waals surface area contributed by atoms with Crippen LogP contribution in [-0.4, -0.2) is 75.0 Å². The minimum Gasteiger partial charge on any atom is -0.367 e. The smallest absolute Gasteiger partial charge is 0.367 e. The predicted octanol–water partition coefficient (Wildman–Crippen LogP) is 1.75. The summed E-state index contributed by atoms with van der Waals surface area (Å²) >= 11 is 0. The van der Waals surface area contributed by atoms with Gasteiger partial charge >= 0.3 is 20.8 Å². The topological polar surface area (TPSA) is 168 Å². The molecule has 2 amide bonds. The van der Waals surface area contributed by atoms with Crippen LogP contribution in [0.3, 0.4) is 0 Å². The molecule has 3 rings (SSSR count). The van der Waals surface area contributed by atoms with Crippen molar-refractivity contribution in [2.24, 2.45) is 0 Å². The Labute approximate surface area is 209 Å². The van der Waals surface area contributed by atoms with E-state index in [9.17, 15) is 26.4 Å². The lowest BCUT2D eigenvalue weighted by atomic mass is 10.0. The Hall–Kier alpha value is -2.88. The van der Waals surface area contributed by atoms with Gasteiger partial charge in [-0.2, -0.15) is 16.8 Å². The highest BCUT2D eigenvalue weighted by molar-refractivity contribution is 7.81. The number of nitrogens with zero attached hydrogens (tertiary/aromatic N) is 2. The number of rotatable bonds is 13. The summed E-state index contributed by atoms with van der Waals surface area (Å²) in [6, 6.07) is 13.2. The maximum Gasteiger partial charge on any atom is 0.397 e. The van der Waals surface area contributed by atoms with Crippen LogP contribution < -0.4 is 4.90 Å². The highest BCUT2D eigenvalue weighted by atomic mass is 32.3. The second-order valence-corrected chi connectivity index (χ2v) is 10.1. The summed E-state index contributed by atoms with van der Waals surface area (Å²) in [4.78, 5) is 28.5. The lowest BCUT2D eigenvalue weighted by Crippen LogP contribution is -2.40. The van der Waals surface area contributed by atoms with Gasteiger partial charge in [-0.3, -0.25) is 23.6 Å². The number of carbonyl (C=O) groups is 2. The molecule has 0 fully saturated rings. The number of anilines is 1. The molecule has 1 atom stereocenters. The molecule has 0 saturated carbocycles. The summed E-state index contributed by atoms with van der Waals surface area (Å²) in [5.74, 6) is -0.661. The maximum atomic E-state index is 12.8. The third-order valence-corrected chi connectivity index (χ3v) is 6.55. The molecule has 14 heteroatoms. The van der Waals surface area contributed by atoms with Crippen LogP contribution in [0, 0.1) is 0 Å². The molecule has 1 aliphatic rings. The van der Waals surface area contributed by atoms with Crippen molar-refractivity contribution in [3.8, 4) is 0 Å². The first-order valence-electron chi connectivity index (χ1n) is 10.9. The zero-order valence-electron chi connectivity index (χ0n) is 19.3. The van der Waals surface area contributed by atoms with Gasteiger partial charge in [0.15, 0.2) is 0 Å². The van der Waals surface area contributed by atoms with Crippen LogP contribution in [0.2, 0.25) is 0 Å². The molecule has 0 bridgehead atoms. The first-order chi connectivity index (χ1) is 16.9. The van der Waals surface area contributed by atoms with Crippen LogP contribution >= 0.6 is 0 Å². The summed E-state index contributed by atoms with van der Waals surface area (Å²) in [7, 11) is -9.32. The second kappa shape index (κ2) is 11.5. The van der Waals surface area contributed by atoms with Gasteiger partial charge in [0.1, 0.15) is 0 Å². The minimum atomic E-state index is -4.66. The van der Waals surface area contributed by atoms with Gasteiger partial charge in [-0.1, -0.05) is 31.2 Å².